The number of guanidine groups is 1. The number of likely N-dealkylation sites (N-methyl/N-ethyl adjacent to an activating group) is 1. The second kappa shape index (κ2) is 10.2. The predicted molar refractivity (Wildman–Crippen MR) is 91.8 cm³/mol. The van der Waals surface area contributed by atoms with Crippen LogP contribution in [0.15, 0.2) is 29.3 Å². The van der Waals surface area contributed by atoms with Crippen molar-refractivity contribution in [2.75, 3.05) is 33.2 Å². The van der Waals surface area contributed by atoms with Gasteiger partial charge in [0.15, 0.2) is 5.96 Å². The van der Waals surface area contributed by atoms with Gasteiger partial charge in [0.2, 0.25) is 0 Å². The van der Waals surface area contributed by atoms with Crippen LogP contribution in [0.25, 0.3) is 0 Å². The third kappa shape index (κ3) is 6.63. The number of rotatable bonds is 8. The highest BCUT2D eigenvalue weighted by molar-refractivity contribution is 5.79. The second-order valence-corrected chi connectivity index (χ2v) is 5.14. The largest absolute Gasteiger partial charge is 0.357 e. The van der Waals surface area contributed by atoms with Crippen molar-refractivity contribution in [1.82, 2.24) is 15.5 Å². The highest BCUT2D eigenvalue weighted by Crippen LogP contribution is 2.10. The summed E-state index contributed by atoms with van der Waals surface area (Å²) in [6.07, 6.45) is 1.05. The summed E-state index contributed by atoms with van der Waals surface area (Å²) in [6, 6.07) is 8.52. The normalized spacial score (nSPS) is 11.8. The van der Waals surface area contributed by atoms with Crippen LogP contribution >= 0.6 is 0 Å². The van der Waals surface area contributed by atoms with Crippen LogP contribution in [0.3, 0.4) is 0 Å². The number of aliphatic imine (C=N–C) groups is 1. The van der Waals surface area contributed by atoms with Crippen molar-refractivity contribution in [3.8, 4) is 0 Å². The number of aryl methyl sites for hydroxylation is 1. The van der Waals surface area contributed by atoms with Crippen molar-refractivity contribution in [2.45, 2.75) is 33.7 Å². The summed E-state index contributed by atoms with van der Waals surface area (Å²) < 4.78 is 0. The molecule has 0 heterocycles. The first-order valence-corrected chi connectivity index (χ1v) is 7.98. The Bertz CT molecular complexity index is 429. The quantitative estimate of drug-likeness (QED) is 0.570. The summed E-state index contributed by atoms with van der Waals surface area (Å²) in [5.74, 6) is 0.896. The maximum Gasteiger partial charge on any atom is 0.191 e. The zero-order valence-corrected chi connectivity index (χ0v) is 13.9. The lowest BCUT2D eigenvalue weighted by Gasteiger charge is -2.16. The number of nitrogens with zero attached hydrogens (tertiary/aromatic N) is 2. The topological polar surface area (TPSA) is 39.7 Å². The zero-order valence-electron chi connectivity index (χ0n) is 13.9. The molecule has 0 radical (unpaired) electrons. The molecule has 0 fully saturated rings. The first-order chi connectivity index (χ1) is 10.2. The Kier molecular flexibility index (Phi) is 8.51. The number of hydrogen-bond acceptors (Lipinski definition) is 2. The highest BCUT2D eigenvalue weighted by atomic mass is 15.2. The maximum absolute atomic E-state index is 4.69. The van der Waals surface area contributed by atoms with E-state index < -0.39 is 0 Å². The van der Waals surface area contributed by atoms with Gasteiger partial charge in [-0.05, 0) is 38.1 Å². The van der Waals surface area contributed by atoms with E-state index >= 15 is 0 Å². The molecular formula is C17H30N4. The standard InChI is InChI=1S/C17H30N4/c1-5-15-10-8-9-11-16(15)14-20-17(18-6-2)19-12-13-21(4)7-3/h8-11H,5-7,12-14H2,1-4H3,(H2,18,19,20). The Hall–Kier alpha value is -1.55. The fourth-order valence-electron chi connectivity index (χ4n) is 2.09. The average Bonchev–Trinajstić information content (AvgIpc) is 2.52. The van der Waals surface area contributed by atoms with Gasteiger partial charge in [0, 0.05) is 19.6 Å². The van der Waals surface area contributed by atoms with E-state index in [4.69, 9.17) is 4.99 Å². The van der Waals surface area contributed by atoms with Gasteiger partial charge in [-0.2, -0.15) is 0 Å². The molecule has 118 valence electrons. The summed E-state index contributed by atoms with van der Waals surface area (Å²) >= 11 is 0. The van der Waals surface area contributed by atoms with Crippen LogP contribution in [0.2, 0.25) is 0 Å². The van der Waals surface area contributed by atoms with Gasteiger partial charge >= 0.3 is 0 Å². The molecule has 0 aliphatic rings. The number of benzene rings is 1. The van der Waals surface area contributed by atoms with Gasteiger partial charge in [-0.1, -0.05) is 38.1 Å². The third-order valence-electron chi connectivity index (χ3n) is 3.58. The molecule has 0 atom stereocenters. The number of nitrogens with one attached hydrogen (secondary N) is 2. The Labute approximate surface area is 129 Å². The molecule has 0 aliphatic carbocycles. The molecule has 4 nitrogen and oxygen atoms in total. The van der Waals surface area contributed by atoms with Gasteiger partial charge in [0.25, 0.3) is 0 Å². The minimum atomic E-state index is 0.725. The van der Waals surface area contributed by atoms with E-state index in [1.807, 2.05) is 0 Å². The van der Waals surface area contributed by atoms with E-state index in [0.717, 1.165) is 45.1 Å². The Balaban J connectivity index is 2.58. The zero-order chi connectivity index (χ0) is 15.5. The van der Waals surface area contributed by atoms with Gasteiger partial charge in [-0.3, -0.25) is 0 Å². The lowest BCUT2D eigenvalue weighted by Crippen LogP contribution is -2.40. The molecule has 1 aromatic rings. The molecule has 21 heavy (non-hydrogen) atoms. The van der Waals surface area contributed by atoms with Crippen LogP contribution in [0.5, 0.6) is 0 Å². The average molecular weight is 290 g/mol. The number of hydrogen-bond donors (Lipinski definition) is 2. The Morgan fingerprint density at radius 3 is 2.43 bits per heavy atom. The van der Waals surface area contributed by atoms with Crippen molar-refractivity contribution in [2.24, 2.45) is 4.99 Å². The minimum Gasteiger partial charge on any atom is -0.357 e. The molecule has 2 N–H and O–H groups in total. The smallest absolute Gasteiger partial charge is 0.191 e. The van der Waals surface area contributed by atoms with E-state index in [9.17, 15) is 0 Å². The Morgan fingerprint density at radius 1 is 1.10 bits per heavy atom. The van der Waals surface area contributed by atoms with Crippen molar-refractivity contribution in [3.05, 3.63) is 35.4 Å². The lowest BCUT2D eigenvalue weighted by atomic mass is 10.1. The molecule has 0 saturated carbocycles. The predicted octanol–water partition coefficient (Wildman–Crippen LogP) is 2.26. The van der Waals surface area contributed by atoms with Crippen molar-refractivity contribution in [1.29, 1.82) is 0 Å². The molecule has 1 rings (SSSR count). The summed E-state index contributed by atoms with van der Waals surface area (Å²) in [5, 5.41) is 6.69. The van der Waals surface area contributed by atoms with Crippen LogP contribution in [-0.2, 0) is 13.0 Å². The lowest BCUT2D eigenvalue weighted by molar-refractivity contribution is 0.357. The van der Waals surface area contributed by atoms with Gasteiger partial charge in [-0.25, -0.2) is 4.99 Å². The molecule has 0 unspecified atom stereocenters. The third-order valence-corrected chi connectivity index (χ3v) is 3.58. The van der Waals surface area contributed by atoms with Gasteiger partial charge in [0.05, 0.1) is 6.54 Å². The van der Waals surface area contributed by atoms with E-state index in [1.54, 1.807) is 0 Å². The molecule has 4 heteroatoms. The van der Waals surface area contributed by atoms with Crippen LogP contribution in [-0.4, -0.2) is 44.1 Å². The SMILES string of the molecule is CCNC(=NCc1ccccc1CC)NCCN(C)CC. The molecule has 0 saturated heterocycles. The Morgan fingerprint density at radius 2 is 1.81 bits per heavy atom. The maximum atomic E-state index is 4.69. The molecule has 0 amide bonds. The summed E-state index contributed by atoms with van der Waals surface area (Å²) in [4.78, 5) is 6.97. The van der Waals surface area contributed by atoms with Gasteiger partial charge < -0.3 is 15.5 Å². The van der Waals surface area contributed by atoms with E-state index in [0.29, 0.717) is 0 Å². The van der Waals surface area contributed by atoms with Crippen LogP contribution in [0.1, 0.15) is 31.9 Å². The molecule has 0 aromatic heterocycles. The first-order valence-electron chi connectivity index (χ1n) is 7.98. The minimum absolute atomic E-state index is 0.725. The van der Waals surface area contributed by atoms with E-state index in [2.05, 4.69) is 67.6 Å². The van der Waals surface area contributed by atoms with Crippen molar-refractivity contribution in [3.63, 3.8) is 0 Å². The fourth-order valence-corrected chi connectivity index (χ4v) is 2.09. The molecule has 0 aliphatic heterocycles. The van der Waals surface area contributed by atoms with Crippen LogP contribution in [0.4, 0.5) is 0 Å². The second-order valence-electron chi connectivity index (χ2n) is 5.14. The molecule has 0 spiro atoms. The fraction of sp³-hybridized carbons (Fsp3) is 0.588. The molecule has 0 bridgehead atoms. The first kappa shape index (κ1) is 17.5. The highest BCUT2D eigenvalue weighted by Gasteiger charge is 2.01. The van der Waals surface area contributed by atoms with Gasteiger partial charge in [0.1, 0.15) is 0 Å². The summed E-state index contributed by atoms with van der Waals surface area (Å²) in [7, 11) is 2.13. The van der Waals surface area contributed by atoms with Crippen LogP contribution in [0, 0.1) is 0 Å². The summed E-state index contributed by atoms with van der Waals surface area (Å²) in [6.45, 7) is 11.0. The van der Waals surface area contributed by atoms with Crippen LogP contribution < -0.4 is 10.6 Å². The van der Waals surface area contributed by atoms with E-state index in [-0.39, 0.29) is 0 Å². The van der Waals surface area contributed by atoms with Crippen molar-refractivity contribution >= 4 is 5.96 Å². The molecular weight excluding hydrogens is 260 g/mol. The van der Waals surface area contributed by atoms with E-state index in [1.165, 1.54) is 11.1 Å². The molecule has 1 aromatic carbocycles. The van der Waals surface area contributed by atoms with Crippen molar-refractivity contribution < 1.29 is 0 Å². The van der Waals surface area contributed by atoms with Gasteiger partial charge in [-0.15, -0.1) is 0 Å². The monoisotopic (exact) mass is 290 g/mol. The summed E-state index contributed by atoms with van der Waals surface area (Å²) in [5.41, 5.74) is 2.69.